The Morgan fingerprint density at radius 2 is 2.29 bits per heavy atom. The van der Waals surface area contributed by atoms with E-state index in [1.165, 1.54) is 0 Å². The van der Waals surface area contributed by atoms with Crippen LogP contribution in [0.3, 0.4) is 0 Å². The molecule has 0 bridgehead atoms. The van der Waals surface area contributed by atoms with Gasteiger partial charge in [0.2, 0.25) is 0 Å². The van der Waals surface area contributed by atoms with Crippen LogP contribution in [0.2, 0.25) is 0 Å². The lowest BCUT2D eigenvalue weighted by Crippen LogP contribution is -2.28. The Morgan fingerprint density at radius 1 is 1.59 bits per heavy atom. The van der Waals surface area contributed by atoms with Crippen LogP contribution in [-0.2, 0) is 9.53 Å². The predicted molar refractivity (Wildman–Crippen MR) is 66.7 cm³/mol. The van der Waals surface area contributed by atoms with Gasteiger partial charge in [0.15, 0.2) is 0 Å². The summed E-state index contributed by atoms with van der Waals surface area (Å²) in [5.74, 6) is -0.257. The third kappa shape index (κ3) is 4.05. The topological polar surface area (TPSA) is 84.6 Å². The first-order valence-electron chi connectivity index (χ1n) is 5.44. The van der Waals surface area contributed by atoms with Crippen molar-refractivity contribution < 1.29 is 14.6 Å². The van der Waals surface area contributed by atoms with E-state index in [0.717, 1.165) is 5.56 Å². The van der Waals surface area contributed by atoms with Crippen LogP contribution in [0, 0.1) is 6.92 Å². The fraction of sp³-hybridized carbons (Fsp3) is 0.417. The second kappa shape index (κ2) is 6.22. The van der Waals surface area contributed by atoms with E-state index < -0.39 is 6.10 Å². The van der Waals surface area contributed by atoms with Gasteiger partial charge in [-0.1, -0.05) is 6.07 Å². The fourth-order valence-electron chi connectivity index (χ4n) is 1.31. The number of aliphatic hydroxyl groups excluding tert-OH is 1. The summed E-state index contributed by atoms with van der Waals surface area (Å²) in [7, 11) is 0. The van der Waals surface area contributed by atoms with Gasteiger partial charge < -0.3 is 20.9 Å². The Morgan fingerprint density at radius 3 is 2.94 bits per heavy atom. The zero-order valence-electron chi connectivity index (χ0n) is 10.1. The van der Waals surface area contributed by atoms with Crippen molar-refractivity contribution >= 4 is 17.3 Å². The molecule has 17 heavy (non-hydrogen) atoms. The molecule has 1 unspecified atom stereocenters. The Kier molecular flexibility index (Phi) is 4.93. The molecular formula is C12H18N2O3. The first-order chi connectivity index (χ1) is 8.04. The van der Waals surface area contributed by atoms with Gasteiger partial charge in [-0.2, -0.15) is 0 Å². The van der Waals surface area contributed by atoms with E-state index in [9.17, 15) is 4.79 Å². The molecule has 1 aromatic carbocycles. The maximum atomic E-state index is 11.7. The zero-order chi connectivity index (χ0) is 12.8. The van der Waals surface area contributed by atoms with Crippen molar-refractivity contribution in [2.75, 3.05) is 24.3 Å². The standard InChI is InChI=1S/C12H18N2O3/c1-8-3-4-10(13)7-11(8)14-12(16)9(2)17-6-5-15/h3-4,7,9,15H,5-6,13H2,1-2H3,(H,14,16). The average Bonchev–Trinajstić information content (AvgIpc) is 2.30. The van der Waals surface area contributed by atoms with Crippen LogP contribution in [0.15, 0.2) is 18.2 Å². The van der Waals surface area contributed by atoms with E-state index in [2.05, 4.69) is 5.32 Å². The maximum absolute atomic E-state index is 11.7. The number of amides is 1. The number of nitrogens with two attached hydrogens (primary N) is 1. The molecule has 1 rings (SSSR count). The van der Waals surface area contributed by atoms with Crippen molar-refractivity contribution in [1.29, 1.82) is 0 Å². The van der Waals surface area contributed by atoms with Crippen LogP contribution in [0.4, 0.5) is 11.4 Å². The highest BCUT2D eigenvalue weighted by molar-refractivity contribution is 5.95. The van der Waals surface area contributed by atoms with Gasteiger partial charge in [-0.15, -0.1) is 0 Å². The zero-order valence-corrected chi connectivity index (χ0v) is 10.1. The van der Waals surface area contributed by atoms with Crippen LogP contribution in [0.1, 0.15) is 12.5 Å². The Bertz CT molecular complexity index is 393. The highest BCUT2D eigenvalue weighted by Gasteiger charge is 2.14. The summed E-state index contributed by atoms with van der Waals surface area (Å²) in [5, 5.41) is 11.3. The van der Waals surface area contributed by atoms with Crippen molar-refractivity contribution in [3.05, 3.63) is 23.8 Å². The molecule has 94 valence electrons. The number of nitrogen functional groups attached to an aromatic ring is 1. The normalized spacial score (nSPS) is 12.2. The number of aryl methyl sites for hydroxylation is 1. The second-order valence-electron chi connectivity index (χ2n) is 3.80. The molecule has 0 saturated heterocycles. The molecule has 1 atom stereocenters. The smallest absolute Gasteiger partial charge is 0.253 e. The summed E-state index contributed by atoms with van der Waals surface area (Å²) in [6, 6.07) is 5.31. The molecule has 4 N–H and O–H groups in total. The number of nitrogens with one attached hydrogen (secondary N) is 1. The number of anilines is 2. The maximum Gasteiger partial charge on any atom is 0.253 e. The molecule has 5 heteroatoms. The molecule has 0 radical (unpaired) electrons. The van der Waals surface area contributed by atoms with Crippen molar-refractivity contribution in [1.82, 2.24) is 0 Å². The van der Waals surface area contributed by atoms with Gasteiger partial charge in [0.05, 0.1) is 13.2 Å². The molecule has 5 nitrogen and oxygen atoms in total. The summed E-state index contributed by atoms with van der Waals surface area (Å²) in [6.45, 7) is 3.56. The Labute approximate surface area is 101 Å². The van der Waals surface area contributed by atoms with Gasteiger partial charge in [0.1, 0.15) is 6.10 Å². The van der Waals surface area contributed by atoms with Crippen molar-refractivity contribution in [2.24, 2.45) is 0 Å². The summed E-state index contributed by atoms with van der Waals surface area (Å²) in [4.78, 5) is 11.7. The van der Waals surface area contributed by atoms with Crippen LogP contribution in [-0.4, -0.2) is 30.3 Å². The van der Waals surface area contributed by atoms with Gasteiger partial charge in [-0.05, 0) is 31.5 Å². The minimum absolute atomic E-state index is 0.102. The van der Waals surface area contributed by atoms with E-state index in [0.29, 0.717) is 11.4 Å². The molecule has 0 aliphatic heterocycles. The minimum atomic E-state index is -0.608. The molecule has 0 saturated carbocycles. The van der Waals surface area contributed by atoms with Crippen molar-refractivity contribution in [2.45, 2.75) is 20.0 Å². The minimum Gasteiger partial charge on any atom is -0.399 e. The number of carbonyl (C=O) groups is 1. The van der Waals surface area contributed by atoms with E-state index in [1.54, 1.807) is 19.1 Å². The Balaban J connectivity index is 2.64. The van der Waals surface area contributed by atoms with Gasteiger partial charge in [-0.25, -0.2) is 0 Å². The highest BCUT2D eigenvalue weighted by Crippen LogP contribution is 2.18. The summed E-state index contributed by atoms with van der Waals surface area (Å²) < 4.78 is 5.10. The predicted octanol–water partition coefficient (Wildman–Crippen LogP) is 0.913. The summed E-state index contributed by atoms with van der Waals surface area (Å²) in [6.07, 6.45) is -0.608. The van der Waals surface area contributed by atoms with Crippen LogP contribution in [0.25, 0.3) is 0 Å². The van der Waals surface area contributed by atoms with Gasteiger partial charge >= 0.3 is 0 Å². The second-order valence-corrected chi connectivity index (χ2v) is 3.80. The largest absolute Gasteiger partial charge is 0.399 e. The monoisotopic (exact) mass is 238 g/mol. The molecular weight excluding hydrogens is 220 g/mol. The number of aliphatic hydroxyl groups is 1. The average molecular weight is 238 g/mol. The highest BCUT2D eigenvalue weighted by atomic mass is 16.5. The molecule has 0 aliphatic rings. The molecule has 0 fully saturated rings. The van der Waals surface area contributed by atoms with E-state index in [4.69, 9.17) is 15.6 Å². The molecule has 1 aromatic rings. The third-order valence-electron chi connectivity index (χ3n) is 2.35. The van der Waals surface area contributed by atoms with E-state index >= 15 is 0 Å². The van der Waals surface area contributed by atoms with E-state index in [1.807, 2.05) is 13.0 Å². The first kappa shape index (κ1) is 13.5. The number of carbonyl (C=O) groups excluding carboxylic acids is 1. The molecule has 1 amide bonds. The van der Waals surface area contributed by atoms with Crippen LogP contribution >= 0.6 is 0 Å². The van der Waals surface area contributed by atoms with Crippen LogP contribution < -0.4 is 11.1 Å². The number of hydrogen-bond donors (Lipinski definition) is 3. The molecule has 0 aromatic heterocycles. The van der Waals surface area contributed by atoms with E-state index in [-0.39, 0.29) is 19.1 Å². The molecule has 0 heterocycles. The lowest BCUT2D eigenvalue weighted by molar-refractivity contribution is -0.126. The quantitative estimate of drug-likeness (QED) is 0.666. The first-order valence-corrected chi connectivity index (χ1v) is 5.44. The summed E-state index contributed by atoms with van der Waals surface area (Å²) in [5.41, 5.74) is 7.84. The lowest BCUT2D eigenvalue weighted by Gasteiger charge is -2.14. The number of ether oxygens (including phenoxy) is 1. The van der Waals surface area contributed by atoms with Gasteiger partial charge in [0, 0.05) is 11.4 Å². The molecule has 0 aliphatic carbocycles. The summed E-state index contributed by atoms with van der Waals surface area (Å²) >= 11 is 0. The number of hydrogen-bond acceptors (Lipinski definition) is 4. The van der Waals surface area contributed by atoms with Gasteiger partial charge in [0.25, 0.3) is 5.91 Å². The van der Waals surface area contributed by atoms with Gasteiger partial charge in [-0.3, -0.25) is 4.79 Å². The number of rotatable bonds is 5. The fourth-order valence-corrected chi connectivity index (χ4v) is 1.31. The van der Waals surface area contributed by atoms with Crippen molar-refractivity contribution in [3.63, 3.8) is 0 Å². The molecule has 0 spiro atoms. The SMILES string of the molecule is Cc1ccc(N)cc1NC(=O)C(C)OCCO. The number of benzene rings is 1. The van der Waals surface area contributed by atoms with Crippen molar-refractivity contribution in [3.8, 4) is 0 Å². The lowest BCUT2D eigenvalue weighted by atomic mass is 10.2. The van der Waals surface area contributed by atoms with Crippen LogP contribution in [0.5, 0.6) is 0 Å². The Hall–Kier alpha value is -1.59. The third-order valence-corrected chi connectivity index (χ3v) is 2.35.